The summed E-state index contributed by atoms with van der Waals surface area (Å²) in [4.78, 5) is 93.7. The van der Waals surface area contributed by atoms with Crippen LogP contribution in [0.4, 0.5) is 4.79 Å². The molecule has 1 aliphatic heterocycles. The second kappa shape index (κ2) is 25.9. The van der Waals surface area contributed by atoms with E-state index in [9.17, 15) is 54.0 Å². The van der Waals surface area contributed by atoms with Crippen LogP contribution in [0.25, 0.3) is 11.1 Å². The minimum absolute atomic E-state index is 0.0632. The first kappa shape index (κ1) is 51.4. The van der Waals surface area contributed by atoms with Gasteiger partial charge in [0.25, 0.3) is 0 Å². The van der Waals surface area contributed by atoms with Gasteiger partial charge in [0.15, 0.2) is 0 Å². The lowest BCUT2D eigenvalue weighted by molar-refractivity contribution is -0.143. The van der Waals surface area contributed by atoms with Crippen LogP contribution in [0.15, 0.2) is 36.4 Å². The number of carboxylic acid groups (broad SMARTS) is 1. The average molecular weight is 882 g/mol. The summed E-state index contributed by atoms with van der Waals surface area (Å²) < 4.78 is 0. The van der Waals surface area contributed by atoms with Crippen molar-refractivity contribution in [1.29, 1.82) is 0 Å². The van der Waals surface area contributed by atoms with Gasteiger partial charge in [-0.15, -0.1) is 0 Å². The number of benzene rings is 2. The van der Waals surface area contributed by atoms with Crippen LogP contribution < -0.4 is 26.6 Å². The van der Waals surface area contributed by atoms with Gasteiger partial charge in [-0.2, -0.15) is 0 Å². The molecular weight excluding hydrogens is 815 g/mol. The van der Waals surface area contributed by atoms with E-state index in [-0.39, 0.29) is 34.6 Å². The zero-order chi connectivity index (χ0) is 46.6. The molecule has 348 valence electrons. The van der Waals surface area contributed by atoms with E-state index in [2.05, 4.69) is 33.5 Å². The van der Waals surface area contributed by atoms with Gasteiger partial charge >= 0.3 is 12.0 Å². The third-order valence-corrected chi connectivity index (χ3v) is 11.3. The normalized spacial score (nSPS) is 17.2. The number of fused-ring (bicyclic) bond motifs is 5. The molecule has 18 nitrogen and oxygen atoms in total. The van der Waals surface area contributed by atoms with Crippen LogP contribution >= 0.6 is 0 Å². The maximum Gasteiger partial charge on any atom is 0.326 e. The molecule has 63 heavy (non-hydrogen) atoms. The van der Waals surface area contributed by atoms with E-state index in [1.165, 1.54) is 116 Å². The minimum atomic E-state index is -1.48. The Labute approximate surface area is 369 Å². The molecule has 0 radical (unpaired) electrons. The van der Waals surface area contributed by atoms with E-state index in [0.717, 1.165) is 35.5 Å². The predicted octanol–water partition coefficient (Wildman–Crippen LogP) is 3.22. The van der Waals surface area contributed by atoms with E-state index in [4.69, 9.17) is 0 Å². The molecule has 0 fully saturated rings. The summed E-state index contributed by atoms with van der Waals surface area (Å²) >= 11 is 0. The molecular formula is C45H67N7O11. The molecule has 18 heteroatoms. The fourth-order valence-electron chi connectivity index (χ4n) is 7.28. The fraction of sp³-hybridized carbons (Fsp3) is 0.578. The molecule has 3 rings (SSSR count). The van der Waals surface area contributed by atoms with Gasteiger partial charge in [-0.1, -0.05) is 89.7 Å². The van der Waals surface area contributed by atoms with E-state index >= 15 is 0 Å². The van der Waals surface area contributed by atoms with Gasteiger partial charge in [-0.05, 0) is 55.7 Å². The zero-order valence-electron chi connectivity index (χ0n) is 37.2. The number of urea groups is 1. The maximum absolute atomic E-state index is 13.9. The molecule has 0 spiro atoms. The molecule has 1 unspecified atom stereocenters. The molecule has 0 saturated carbocycles. The van der Waals surface area contributed by atoms with E-state index in [0.29, 0.717) is 12.1 Å². The standard InChI is InChI=1S/C45H67N7O11/c1-6-7-8-9-10-11-12-13-14-15-16-17-22-46-45(63)51(4)35(27-53)42(59)48-28(2)40(57)47-26-38(56)52(5)39-31-19-21-37(55)33(25-31)32-23-30(18-20-36(32)54)24-34(44(61)62)50-41(58)29(3)49-43(39)60/h18-21,23,25,28-29,34-35,39,53-55H,6-17,22,24,26-27H2,1-5H3,(H,46,63)(H,47,57)(H,48,59)(H,49,60)(H,50,58)(H,61,62)/t28-,29+,34+,35-,39?/m1/s1. The third-order valence-electron chi connectivity index (χ3n) is 11.3. The third kappa shape index (κ3) is 15.7. The van der Waals surface area contributed by atoms with Gasteiger partial charge in [-0.25, -0.2) is 9.59 Å². The van der Waals surface area contributed by atoms with Crippen LogP contribution in [-0.2, 0) is 35.2 Å². The van der Waals surface area contributed by atoms with Crippen LogP contribution in [0, 0.1) is 0 Å². The van der Waals surface area contributed by atoms with Gasteiger partial charge in [0.05, 0.1) is 13.2 Å². The number of nitrogens with zero attached hydrogens (tertiary/aromatic N) is 2. The summed E-state index contributed by atoms with van der Waals surface area (Å²) in [5.74, 6) is -6.00. The molecule has 2 aromatic carbocycles. The number of aliphatic carboxylic acids is 1. The van der Waals surface area contributed by atoms with Crippen LogP contribution in [0.2, 0.25) is 0 Å². The molecule has 2 aromatic rings. The van der Waals surface area contributed by atoms with Gasteiger partial charge in [0.1, 0.15) is 41.7 Å². The highest BCUT2D eigenvalue weighted by Crippen LogP contribution is 2.38. The Morgan fingerprint density at radius 3 is 1.94 bits per heavy atom. The second-order valence-electron chi connectivity index (χ2n) is 16.2. The van der Waals surface area contributed by atoms with Crippen molar-refractivity contribution in [2.75, 3.05) is 33.8 Å². The summed E-state index contributed by atoms with van der Waals surface area (Å²) in [5.41, 5.74) is 0.712. The number of amides is 7. The number of carbonyl (C=O) groups is 7. The molecule has 7 amide bonds. The Hall–Kier alpha value is -5.91. The van der Waals surface area contributed by atoms with Crippen molar-refractivity contribution >= 4 is 41.5 Å². The largest absolute Gasteiger partial charge is 0.507 e. The van der Waals surface area contributed by atoms with Gasteiger partial charge in [0.2, 0.25) is 29.5 Å². The van der Waals surface area contributed by atoms with Crippen LogP contribution in [0.5, 0.6) is 11.5 Å². The smallest absolute Gasteiger partial charge is 0.326 e. The number of hydrogen-bond acceptors (Lipinski definition) is 10. The molecule has 1 aliphatic rings. The Kier molecular flexibility index (Phi) is 21.1. The summed E-state index contributed by atoms with van der Waals surface area (Å²) in [5, 5.41) is 54.0. The number of aromatic hydroxyl groups is 2. The monoisotopic (exact) mass is 881 g/mol. The Morgan fingerprint density at radius 1 is 0.778 bits per heavy atom. The molecule has 1 heterocycles. The summed E-state index contributed by atoms with van der Waals surface area (Å²) in [7, 11) is 2.63. The second-order valence-corrected chi connectivity index (χ2v) is 16.2. The topological polar surface area (TPSA) is 267 Å². The average Bonchev–Trinajstić information content (AvgIpc) is 3.24. The molecule has 4 bridgehead atoms. The zero-order valence-corrected chi connectivity index (χ0v) is 37.2. The number of likely N-dealkylation sites (N-methyl/N-ethyl adjacent to an activating group) is 2. The fourth-order valence-corrected chi connectivity index (χ4v) is 7.28. The molecule has 0 aromatic heterocycles. The van der Waals surface area contributed by atoms with Gasteiger partial charge in [-0.3, -0.25) is 24.0 Å². The van der Waals surface area contributed by atoms with Gasteiger partial charge in [0, 0.05) is 38.2 Å². The number of phenols is 2. The Bertz CT molecular complexity index is 1890. The summed E-state index contributed by atoms with van der Waals surface area (Å²) in [6.07, 6.45) is 13.9. The lowest BCUT2D eigenvalue weighted by Crippen LogP contribution is -2.56. The first-order valence-electron chi connectivity index (χ1n) is 21.9. The van der Waals surface area contributed by atoms with Crippen LogP contribution in [0.3, 0.4) is 0 Å². The SMILES string of the molecule is CCCCCCCCCCCCCCNC(=O)N(C)[C@H](CO)C(=O)N[C@H](C)C(=O)NCC(=O)N(C)C1C(=O)N[C@@H](C)C(=O)N[C@H](C(=O)O)Cc2ccc(O)c(c2)-c2cc1ccc2O. The number of nitrogens with one attached hydrogen (secondary N) is 5. The number of hydrogen-bond donors (Lipinski definition) is 9. The Morgan fingerprint density at radius 2 is 1.35 bits per heavy atom. The van der Waals surface area contributed by atoms with Crippen molar-refractivity contribution in [3.05, 3.63) is 47.5 Å². The summed E-state index contributed by atoms with van der Waals surface area (Å²) in [6.45, 7) is 3.91. The maximum atomic E-state index is 13.9. The highest BCUT2D eigenvalue weighted by Gasteiger charge is 2.34. The van der Waals surface area contributed by atoms with E-state index < -0.39 is 84.9 Å². The Balaban J connectivity index is 1.60. The quantitative estimate of drug-likeness (QED) is 0.0776. The molecule has 5 atom stereocenters. The minimum Gasteiger partial charge on any atom is -0.507 e. The number of aliphatic hydroxyl groups excluding tert-OH is 1. The molecule has 0 saturated heterocycles. The van der Waals surface area contributed by atoms with Crippen molar-refractivity contribution in [2.45, 2.75) is 134 Å². The van der Waals surface area contributed by atoms with Crippen LogP contribution in [0.1, 0.15) is 115 Å². The number of carbonyl (C=O) groups excluding carboxylic acids is 6. The van der Waals surface area contributed by atoms with Gasteiger partial charge < -0.3 is 56.8 Å². The lowest BCUT2D eigenvalue weighted by Gasteiger charge is -2.30. The highest BCUT2D eigenvalue weighted by molar-refractivity contribution is 5.96. The van der Waals surface area contributed by atoms with E-state index in [1.54, 1.807) is 0 Å². The number of rotatable bonds is 22. The van der Waals surface area contributed by atoms with Crippen LogP contribution in [-0.4, -0.2) is 130 Å². The van der Waals surface area contributed by atoms with E-state index in [1.807, 2.05) is 0 Å². The van der Waals surface area contributed by atoms with Crippen molar-refractivity contribution in [3.8, 4) is 22.6 Å². The highest BCUT2D eigenvalue weighted by atomic mass is 16.4. The van der Waals surface area contributed by atoms with Crippen molar-refractivity contribution in [3.63, 3.8) is 0 Å². The summed E-state index contributed by atoms with van der Waals surface area (Å²) in [6, 6.07) is 0.953. The van der Waals surface area contributed by atoms with Crippen molar-refractivity contribution in [2.24, 2.45) is 0 Å². The molecule has 0 aliphatic carbocycles. The number of aliphatic hydroxyl groups is 1. The lowest BCUT2D eigenvalue weighted by atomic mass is 9.94. The first-order chi connectivity index (χ1) is 30.0. The van der Waals surface area contributed by atoms with Crippen molar-refractivity contribution < 1.29 is 54.0 Å². The number of phenolic OH excluding ortho intramolecular Hbond substituents is 2. The molecule has 9 N–H and O–H groups in total. The van der Waals surface area contributed by atoms with Crippen molar-refractivity contribution in [1.82, 2.24) is 36.4 Å². The predicted molar refractivity (Wildman–Crippen MR) is 235 cm³/mol. The number of carboxylic acids is 1. The number of unbranched alkanes of at least 4 members (excludes halogenated alkanes) is 11. The first-order valence-corrected chi connectivity index (χ1v) is 21.9.